The third-order valence-electron chi connectivity index (χ3n) is 2.96. The van der Waals surface area contributed by atoms with Crippen LogP contribution < -0.4 is 10.1 Å². The first-order valence-corrected chi connectivity index (χ1v) is 6.26. The zero-order valence-electron chi connectivity index (χ0n) is 9.97. The van der Waals surface area contributed by atoms with E-state index in [9.17, 15) is 4.79 Å². The molecule has 2 heterocycles. The topological polar surface area (TPSA) is 51.2 Å². The van der Waals surface area contributed by atoms with Crippen molar-refractivity contribution in [2.24, 2.45) is 0 Å². The Bertz CT molecular complexity index is 630. The predicted molar refractivity (Wildman–Crippen MR) is 71.4 cm³/mol. The number of rotatable bonds is 2. The van der Waals surface area contributed by atoms with Gasteiger partial charge in [0.2, 0.25) is 0 Å². The van der Waals surface area contributed by atoms with Crippen molar-refractivity contribution in [3.8, 4) is 5.75 Å². The molecule has 0 radical (unpaired) electrons. The summed E-state index contributed by atoms with van der Waals surface area (Å²) in [7, 11) is 0. The summed E-state index contributed by atoms with van der Waals surface area (Å²) in [4.78, 5) is 16.1. The molecule has 1 N–H and O–H groups in total. The van der Waals surface area contributed by atoms with Gasteiger partial charge in [0.15, 0.2) is 0 Å². The third kappa shape index (κ3) is 2.39. The number of ether oxygens (including phenoxy) is 1. The van der Waals surface area contributed by atoms with Crippen LogP contribution in [0, 0.1) is 0 Å². The zero-order valence-corrected chi connectivity index (χ0v) is 10.7. The second-order valence-corrected chi connectivity index (χ2v) is 4.67. The van der Waals surface area contributed by atoms with Crippen LogP contribution in [0.25, 0.3) is 0 Å². The van der Waals surface area contributed by atoms with Gasteiger partial charge in [-0.25, -0.2) is 0 Å². The van der Waals surface area contributed by atoms with Crippen molar-refractivity contribution in [2.45, 2.75) is 6.04 Å². The van der Waals surface area contributed by atoms with Crippen LogP contribution in [0.2, 0.25) is 5.02 Å². The molecule has 0 aliphatic carbocycles. The zero-order chi connectivity index (χ0) is 13.2. The van der Waals surface area contributed by atoms with Crippen LogP contribution in [0.1, 0.15) is 22.1 Å². The maximum atomic E-state index is 12.1. The van der Waals surface area contributed by atoms with Crippen molar-refractivity contribution >= 4 is 17.5 Å². The van der Waals surface area contributed by atoms with Crippen LogP contribution in [0.4, 0.5) is 0 Å². The monoisotopic (exact) mass is 274 g/mol. The van der Waals surface area contributed by atoms with Crippen molar-refractivity contribution in [1.29, 1.82) is 0 Å². The number of nitrogens with one attached hydrogen (secondary N) is 1. The summed E-state index contributed by atoms with van der Waals surface area (Å²) in [5.41, 5.74) is 1.29. The Balaban J connectivity index is 1.78. The van der Waals surface area contributed by atoms with Crippen LogP contribution in [0.5, 0.6) is 5.75 Å². The Morgan fingerprint density at radius 2 is 2.21 bits per heavy atom. The average molecular weight is 275 g/mol. The highest BCUT2D eigenvalue weighted by Crippen LogP contribution is 2.31. The van der Waals surface area contributed by atoms with Gasteiger partial charge in [-0.2, -0.15) is 0 Å². The lowest BCUT2D eigenvalue weighted by Gasteiger charge is -2.11. The maximum absolute atomic E-state index is 12.1. The van der Waals surface area contributed by atoms with Gasteiger partial charge in [0.05, 0.1) is 6.04 Å². The van der Waals surface area contributed by atoms with E-state index in [2.05, 4.69) is 10.3 Å². The van der Waals surface area contributed by atoms with Crippen molar-refractivity contribution in [3.63, 3.8) is 0 Å². The fraction of sp³-hybridized carbons (Fsp3) is 0.143. The van der Waals surface area contributed by atoms with E-state index in [-0.39, 0.29) is 11.9 Å². The standard InChI is InChI=1S/C14H11ClN2O2/c15-9-5-6-16-11(7-9)14(18)17-12-8-19-13-4-2-1-3-10(12)13/h1-7,12H,8H2,(H,17,18). The summed E-state index contributed by atoms with van der Waals surface area (Å²) < 4.78 is 5.51. The Morgan fingerprint density at radius 1 is 1.37 bits per heavy atom. The van der Waals surface area contributed by atoms with E-state index in [4.69, 9.17) is 16.3 Å². The number of carbonyl (C=O) groups excluding carboxylic acids is 1. The highest BCUT2D eigenvalue weighted by molar-refractivity contribution is 6.30. The largest absolute Gasteiger partial charge is 0.491 e. The van der Waals surface area contributed by atoms with Crippen molar-refractivity contribution < 1.29 is 9.53 Å². The fourth-order valence-electron chi connectivity index (χ4n) is 2.04. The minimum absolute atomic E-state index is 0.149. The molecule has 19 heavy (non-hydrogen) atoms. The van der Waals surface area contributed by atoms with E-state index in [1.165, 1.54) is 6.20 Å². The quantitative estimate of drug-likeness (QED) is 0.916. The van der Waals surface area contributed by atoms with E-state index in [1.54, 1.807) is 12.1 Å². The number of fused-ring (bicyclic) bond motifs is 1. The first kappa shape index (κ1) is 12.0. The molecule has 0 bridgehead atoms. The molecule has 0 spiro atoms. The summed E-state index contributed by atoms with van der Waals surface area (Å²) in [5.74, 6) is 0.555. The molecule has 1 aliphatic heterocycles. The summed E-state index contributed by atoms with van der Waals surface area (Å²) >= 11 is 5.84. The first-order valence-electron chi connectivity index (χ1n) is 5.88. The van der Waals surface area contributed by atoms with Crippen LogP contribution in [-0.4, -0.2) is 17.5 Å². The number of para-hydroxylation sites is 1. The lowest BCUT2D eigenvalue weighted by atomic mass is 10.1. The minimum Gasteiger partial charge on any atom is -0.491 e. The highest BCUT2D eigenvalue weighted by atomic mass is 35.5. The van der Waals surface area contributed by atoms with Gasteiger partial charge in [0, 0.05) is 16.8 Å². The van der Waals surface area contributed by atoms with Gasteiger partial charge in [-0.1, -0.05) is 29.8 Å². The number of pyridine rings is 1. The molecule has 5 heteroatoms. The number of hydrogen-bond donors (Lipinski definition) is 1. The van der Waals surface area contributed by atoms with Crippen LogP contribution in [-0.2, 0) is 0 Å². The second kappa shape index (κ2) is 4.90. The molecular formula is C14H11ClN2O2. The molecule has 0 fully saturated rings. The molecule has 4 nitrogen and oxygen atoms in total. The molecule has 96 valence electrons. The molecular weight excluding hydrogens is 264 g/mol. The highest BCUT2D eigenvalue weighted by Gasteiger charge is 2.25. The Labute approximate surface area is 115 Å². The van der Waals surface area contributed by atoms with Gasteiger partial charge in [-0.05, 0) is 18.2 Å². The first-order chi connectivity index (χ1) is 9.24. The molecule has 3 rings (SSSR count). The molecule has 1 aliphatic rings. The maximum Gasteiger partial charge on any atom is 0.270 e. The number of amides is 1. The number of hydrogen-bond acceptors (Lipinski definition) is 3. The fourth-order valence-corrected chi connectivity index (χ4v) is 2.20. The van der Waals surface area contributed by atoms with Gasteiger partial charge in [0.1, 0.15) is 18.1 Å². The Kier molecular flexibility index (Phi) is 3.09. The lowest BCUT2D eigenvalue weighted by Crippen LogP contribution is -2.30. The number of carbonyl (C=O) groups is 1. The summed E-state index contributed by atoms with van der Waals surface area (Å²) in [6, 6.07) is 10.7. The lowest BCUT2D eigenvalue weighted by molar-refractivity contribution is 0.0925. The van der Waals surface area contributed by atoms with Crippen LogP contribution in [0.15, 0.2) is 42.6 Å². The number of nitrogens with zero attached hydrogens (tertiary/aromatic N) is 1. The van der Waals surface area contributed by atoms with Gasteiger partial charge >= 0.3 is 0 Å². The van der Waals surface area contributed by atoms with Crippen molar-refractivity contribution in [1.82, 2.24) is 10.3 Å². The molecule has 2 aromatic rings. The molecule has 1 aromatic carbocycles. The molecule has 1 amide bonds. The van der Waals surface area contributed by atoms with Crippen LogP contribution >= 0.6 is 11.6 Å². The van der Waals surface area contributed by atoms with E-state index in [1.807, 2.05) is 24.3 Å². The van der Waals surface area contributed by atoms with Gasteiger partial charge in [0.25, 0.3) is 5.91 Å². The molecule has 1 unspecified atom stereocenters. The SMILES string of the molecule is O=C(NC1COc2ccccc21)c1cc(Cl)ccn1. The minimum atomic E-state index is -0.257. The van der Waals surface area contributed by atoms with E-state index >= 15 is 0 Å². The molecule has 1 aromatic heterocycles. The summed E-state index contributed by atoms with van der Waals surface area (Å²) in [6.07, 6.45) is 1.51. The van der Waals surface area contributed by atoms with Gasteiger partial charge in [-0.3, -0.25) is 9.78 Å². The number of benzene rings is 1. The van der Waals surface area contributed by atoms with E-state index in [0.717, 1.165) is 11.3 Å². The van der Waals surface area contributed by atoms with Crippen molar-refractivity contribution in [3.05, 3.63) is 58.9 Å². The second-order valence-electron chi connectivity index (χ2n) is 4.23. The number of aromatic nitrogens is 1. The number of halogens is 1. The average Bonchev–Trinajstić information content (AvgIpc) is 2.82. The van der Waals surface area contributed by atoms with E-state index in [0.29, 0.717) is 17.3 Å². The Morgan fingerprint density at radius 3 is 3.05 bits per heavy atom. The summed E-state index contributed by atoms with van der Waals surface area (Å²) in [5, 5.41) is 3.38. The summed E-state index contributed by atoms with van der Waals surface area (Å²) in [6.45, 7) is 0.436. The van der Waals surface area contributed by atoms with Gasteiger partial charge in [-0.15, -0.1) is 0 Å². The van der Waals surface area contributed by atoms with Gasteiger partial charge < -0.3 is 10.1 Å². The smallest absolute Gasteiger partial charge is 0.270 e. The van der Waals surface area contributed by atoms with E-state index < -0.39 is 0 Å². The third-order valence-corrected chi connectivity index (χ3v) is 3.19. The Hall–Kier alpha value is -2.07. The molecule has 1 atom stereocenters. The molecule has 0 saturated carbocycles. The normalized spacial score (nSPS) is 16.6. The van der Waals surface area contributed by atoms with Crippen LogP contribution in [0.3, 0.4) is 0 Å². The van der Waals surface area contributed by atoms with Crippen molar-refractivity contribution in [2.75, 3.05) is 6.61 Å². The molecule has 0 saturated heterocycles. The predicted octanol–water partition coefficient (Wildman–Crippen LogP) is 2.60.